The van der Waals surface area contributed by atoms with E-state index in [4.69, 9.17) is 5.26 Å². The van der Waals surface area contributed by atoms with Gasteiger partial charge in [-0.1, -0.05) is 0 Å². The molecule has 0 amide bonds. The second-order valence-electron chi connectivity index (χ2n) is 5.31. The van der Waals surface area contributed by atoms with E-state index in [2.05, 4.69) is 5.32 Å². The Kier molecular flexibility index (Phi) is 6.64. The van der Waals surface area contributed by atoms with Crippen LogP contribution in [0.25, 0.3) is 0 Å². The summed E-state index contributed by atoms with van der Waals surface area (Å²) in [6.07, 6.45) is -3.34. The second kappa shape index (κ2) is 7.70. The monoisotopic (exact) mass is 383 g/mol. The maximum atomic E-state index is 13.0. The molecular weight excluding hydrogens is 367 g/mol. The molecule has 0 spiro atoms. The summed E-state index contributed by atoms with van der Waals surface area (Å²) < 4.78 is 65.3. The molecule has 1 aromatic rings. The first kappa shape index (κ1) is 20.7. The first-order chi connectivity index (χ1) is 10.7. The minimum atomic E-state index is -4.79. The van der Waals surface area contributed by atoms with Gasteiger partial charge in [-0.3, -0.25) is 0 Å². The highest BCUT2D eigenvalue weighted by Crippen LogP contribution is 2.34. The third-order valence-electron chi connectivity index (χ3n) is 3.85. The zero-order chi connectivity index (χ0) is 17.3. The van der Waals surface area contributed by atoms with Gasteiger partial charge in [-0.25, -0.2) is 8.42 Å². The van der Waals surface area contributed by atoms with Gasteiger partial charge in [-0.05, 0) is 38.1 Å². The largest absolute Gasteiger partial charge is 0.417 e. The third kappa shape index (κ3) is 4.19. The van der Waals surface area contributed by atoms with Crippen LogP contribution in [0.5, 0.6) is 0 Å². The zero-order valence-corrected chi connectivity index (χ0v) is 14.4. The highest BCUT2D eigenvalue weighted by molar-refractivity contribution is 7.89. The predicted octanol–water partition coefficient (Wildman–Crippen LogP) is 2.37. The van der Waals surface area contributed by atoms with Gasteiger partial charge in [0.25, 0.3) is 0 Å². The van der Waals surface area contributed by atoms with Gasteiger partial charge in [0.05, 0.1) is 22.1 Å². The minimum Gasteiger partial charge on any atom is -0.316 e. The summed E-state index contributed by atoms with van der Waals surface area (Å²) >= 11 is 0. The van der Waals surface area contributed by atoms with Crippen LogP contribution in [0.3, 0.4) is 0 Å². The highest BCUT2D eigenvalue weighted by Gasteiger charge is 2.36. The summed E-state index contributed by atoms with van der Waals surface area (Å²) in [7, 11) is -2.32. The van der Waals surface area contributed by atoms with Crippen LogP contribution in [-0.2, 0) is 16.2 Å². The molecule has 1 aliphatic rings. The predicted molar refractivity (Wildman–Crippen MR) is 84.2 cm³/mol. The molecule has 10 heteroatoms. The smallest absolute Gasteiger partial charge is 0.316 e. The normalized spacial score (nSPS) is 19.4. The molecule has 1 fully saturated rings. The van der Waals surface area contributed by atoms with E-state index in [1.165, 1.54) is 10.4 Å². The van der Waals surface area contributed by atoms with Crippen LogP contribution >= 0.6 is 12.4 Å². The summed E-state index contributed by atoms with van der Waals surface area (Å²) in [6, 6.07) is 3.89. The molecule has 1 aromatic carbocycles. The van der Waals surface area contributed by atoms with E-state index < -0.39 is 32.2 Å². The lowest BCUT2D eigenvalue weighted by atomic mass is 10.1. The molecule has 2 rings (SSSR count). The average molecular weight is 384 g/mol. The fraction of sp³-hybridized carbons (Fsp3) is 0.500. The Morgan fingerprint density at radius 1 is 1.38 bits per heavy atom. The number of piperidine rings is 1. The lowest BCUT2D eigenvalue weighted by molar-refractivity contribution is -0.137. The van der Waals surface area contributed by atoms with Gasteiger partial charge >= 0.3 is 6.18 Å². The molecule has 24 heavy (non-hydrogen) atoms. The summed E-state index contributed by atoms with van der Waals surface area (Å²) in [5.74, 6) is 0. The number of hydrogen-bond acceptors (Lipinski definition) is 4. The first-order valence-electron chi connectivity index (χ1n) is 6.99. The van der Waals surface area contributed by atoms with Gasteiger partial charge in [0.1, 0.15) is 0 Å². The molecule has 1 heterocycles. The molecule has 1 aliphatic heterocycles. The van der Waals surface area contributed by atoms with Crippen molar-refractivity contribution in [3.63, 3.8) is 0 Å². The van der Waals surface area contributed by atoms with Crippen molar-refractivity contribution in [2.24, 2.45) is 0 Å². The van der Waals surface area contributed by atoms with E-state index in [1.54, 1.807) is 7.05 Å². The van der Waals surface area contributed by atoms with Gasteiger partial charge in [0.2, 0.25) is 10.0 Å². The Balaban J connectivity index is 0.00000288. The second-order valence-corrected chi connectivity index (χ2v) is 7.25. The van der Waals surface area contributed by atoms with Crippen molar-refractivity contribution in [1.29, 1.82) is 5.26 Å². The Labute approximate surface area is 144 Å². The zero-order valence-electron chi connectivity index (χ0n) is 12.8. The van der Waals surface area contributed by atoms with Gasteiger partial charge in [-0.2, -0.15) is 22.7 Å². The fourth-order valence-corrected chi connectivity index (χ4v) is 4.11. The quantitative estimate of drug-likeness (QED) is 0.869. The molecule has 5 nitrogen and oxygen atoms in total. The summed E-state index contributed by atoms with van der Waals surface area (Å²) in [5.41, 5.74) is -1.83. The van der Waals surface area contributed by atoms with Crippen LogP contribution in [0.2, 0.25) is 0 Å². The van der Waals surface area contributed by atoms with Gasteiger partial charge in [-0.15, -0.1) is 12.4 Å². The molecule has 0 aromatic heterocycles. The van der Waals surface area contributed by atoms with Crippen molar-refractivity contribution in [3.05, 3.63) is 29.3 Å². The molecule has 0 aliphatic carbocycles. The van der Waals surface area contributed by atoms with Crippen molar-refractivity contribution >= 4 is 22.4 Å². The van der Waals surface area contributed by atoms with E-state index in [1.807, 2.05) is 0 Å². The number of rotatable bonds is 3. The third-order valence-corrected chi connectivity index (χ3v) is 5.71. The molecule has 1 atom stereocenters. The molecule has 1 unspecified atom stereocenters. The summed E-state index contributed by atoms with van der Waals surface area (Å²) in [4.78, 5) is -0.444. The number of nitriles is 1. The molecule has 0 radical (unpaired) electrons. The lowest BCUT2D eigenvalue weighted by Crippen LogP contribution is -2.46. The number of nitrogens with zero attached hydrogens (tertiary/aromatic N) is 2. The fourth-order valence-electron chi connectivity index (χ4n) is 2.56. The minimum absolute atomic E-state index is 0. The molecule has 1 N–H and O–H groups in total. The number of likely N-dealkylation sites (N-methyl/N-ethyl adjacent to an activating group) is 1. The van der Waals surface area contributed by atoms with Crippen LogP contribution < -0.4 is 5.32 Å². The van der Waals surface area contributed by atoms with Gasteiger partial charge in [0.15, 0.2) is 0 Å². The van der Waals surface area contributed by atoms with E-state index in [9.17, 15) is 21.6 Å². The number of halogens is 4. The van der Waals surface area contributed by atoms with Crippen LogP contribution in [0.4, 0.5) is 13.2 Å². The Hall–Kier alpha value is -1.34. The maximum Gasteiger partial charge on any atom is 0.417 e. The number of hydrogen-bond donors (Lipinski definition) is 1. The van der Waals surface area contributed by atoms with Crippen LogP contribution in [-0.4, -0.2) is 38.9 Å². The Morgan fingerprint density at radius 3 is 2.58 bits per heavy atom. The van der Waals surface area contributed by atoms with Crippen molar-refractivity contribution in [2.45, 2.75) is 30.0 Å². The molecule has 134 valence electrons. The van der Waals surface area contributed by atoms with Gasteiger partial charge in [0, 0.05) is 19.1 Å². The topological polar surface area (TPSA) is 73.2 Å². The highest BCUT2D eigenvalue weighted by atomic mass is 35.5. The van der Waals surface area contributed by atoms with Crippen LogP contribution in [0.15, 0.2) is 23.1 Å². The van der Waals surface area contributed by atoms with Crippen molar-refractivity contribution in [2.75, 3.05) is 20.1 Å². The van der Waals surface area contributed by atoms with Crippen molar-refractivity contribution < 1.29 is 21.6 Å². The Morgan fingerprint density at radius 2 is 2.04 bits per heavy atom. The number of benzene rings is 1. The summed E-state index contributed by atoms with van der Waals surface area (Å²) in [6.45, 7) is 0.474. The SMILES string of the molecule is CNC1CCCN(S(=O)(=O)c2ccc(C#N)c(C(F)(F)F)c2)C1.Cl. The first-order valence-corrected chi connectivity index (χ1v) is 8.43. The van der Waals surface area contributed by atoms with E-state index in [0.717, 1.165) is 18.6 Å². The van der Waals surface area contributed by atoms with E-state index in [0.29, 0.717) is 12.5 Å². The van der Waals surface area contributed by atoms with Crippen LogP contribution in [0.1, 0.15) is 24.0 Å². The average Bonchev–Trinajstić information content (AvgIpc) is 2.53. The van der Waals surface area contributed by atoms with E-state index >= 15 is 0 Å². The molecule has 0 saturated carbocycles. The number of sulfonamides is 1. The standard InChI is InChI=1S/C14H16F3N3O2S.ClH/c1-19-11-3-2-6-20(9-11)23(21,22)12-5-4-10(8-18)13(7-12)14(15,16)17;/h4-5,7,11,19H,2-3,6,9H2,1H3;1H. The molecule has 1 saturated heterocycles. The molecular formula is C14H17ClF3N3O2S. The van der Waals surface area contributed by atoms with E-state index in [-0.39, 0.29) is 31.5 Å². The van der Waals surface area contributed by atoms with Crippen LogP contribution in [0, 0.1) is 11.3 Å². The van der Waals surface area contributed by atoms with Crippen molar-refractivity contribution in [1.82, 2.24) is 9.62 Å². The number of alkyl halides is 3. The Bertz CT molecular complexity index is 732. The van der Waals surface area contributed by atoms with Gasteiger partial charge < -0.3 is 5.32 Å². The molecule has 0 bridgehead atoms. The number of nitrogens with one attached hydrogen (secondary N) is 1. The lowest BCUT2D eigenvalue weighted by Gasteiger charge is -2.31. The maximum absolute atomic E-state index is 13.0. The van der Waals surface area contributed by atoms with Crippen molar-refractivity contribution in [3.8, 4) is 6.07 Å². The summed E-state index contributed by atoms with van der Waals surface area (Å²) in [5, 5.41) is 11.8.